The van der Waals surface area contributed by atoms with Gasteiger partial charge in [-0.25, -0.2) is 14.2 Å². The molecular weight excluding hydrogens is 206 g/mol. The number of carboxylic acid groups (broad SMARTS) is 1. The van der Waals surface area contributed by atoms with Gasteiger partial charge in [0.1, 0.15) is 0 Å². The molecule has 3 N–H and O–H groups in total. The van der Waals surface area contributed by atoms with Crippen molar-refractivity contribution in [1.29, 1.82) is 0 Å². The maximum absolute atomic E-state index is 9.84. The Morgan fingerprint density at radius 3 is 1.82 bits per heavy atom. The second kappa shape index (κ2) is 5.39. The third-order valence-electron chi connectivity index (χ3n) is 0.376. The summed E-state index contributed by atoms with van der Waals surface area (Å²) in [6, 6.07) is 0. The molecule has 0 aromatic heterocycles. The fourth-order valence-electron chi connectivity index (χ4n) is 0.147. The maximum atomic E-state index is 9.84. The minimum absolute atomic E-state index is 0. The van der Waals surface area contributed by atoms with Crippen molar-refractivity contribution < 1.29 is 86.4 Å². The standard InChI is InChI=1S/C2H3O7P.K.H/c3-1(4)2(5)9-10(6,7)8;;/h(H,3,4)(H2,6,7,8);;/q;+1;-1. The molecule has 11 heavy (non-hydrogen) atoms. The predicted octanol–water partition coefficient (Wildman–Crippen LogP) is -4.18. The first-order valence-electron chi connectivity index (χ1n) is 1.85. The topological polar surface area (TPSA) is 121 Å². The molecule has 0 aromatic carbocycles. The zero-order valence-corrected chi connectivity index (χ0v) is 9.44. The zero-order valence-electron chi connectivity index (χ0n) is 6.42. The van der Waals surface area contributed by atoms with Crippen molar-refractivity contribution in [3.63, 3.8) is 0 Å². The Balaban J connectivity index is -0.000000405. The molecule has 0 aliphatic carbocycles. The van der Waals surface area contributed by atoms with Crippen LogP contribution in [-0.2, 0) is 18.7 Å². The van der Waals surface area contributed by atoms with Gasteiger partial charge in [0, 0.05) is 0 Å². The van der Waals surface area contributed by atoms with Crippen LogP contribution in [0.15, 0.2) is 0 Å². The second-order valence-electron chi connectivity index (χ2n) is 1.17. The number of phosphoric acid groups is 1. The van der Waals surface area contributed by atoms with E-state index >= 15 is 0 Å². The molecule has 0 heterocycles. The average molecular weight is 210 g/mol. The van der Waals surface area contributed by atoms with Crippen molar-refractivity contribution >= 4 is 19.8 Å². The number of hydrogen-bond acceptors (Lipinski definition) is 4. The van der Waals surface area contributed by atoms with Crippen molar-refractivity contribution in [2.45, 2.75) is 0 Å². The zero-order chi connectivity index (χ0) is 8.36. The van der Waals surface area contributed by atoms with E-state index in [1.54, 1.807) is 0 Å². The fraction of sp³-hybridized carbons (Fsp3) is 0. The summed E-state index contributed by atoms with van der Waals surface area (Å²) in [6.45, 7) is 0. The van der Waals surface area contributed by atoms with E-state index in [-0.39, 0.29) is 52.8 Å². The van der Waals surface area contributed by atoms with Crippen LogP contribution >= 0.6 is 7.82 Å². The summed E-state index contributed by atoms with van der Waals surface area (Å²) in [4.78, 5) is 35.1. The van der Waals surface area contributed by atoms with Gasteiger partial charge in [0.25, 0.3) is 0 Å². The molecule has 0 aromatic rings. The van der Waals surface area contributed by atoms with Crippen LogP contribution < -0.4 is 51.4 Å². The summed E-state index contributed by atoms with van der Waals surface area (Å²) in [5.74, 6) is -4.03. The molecule has 0 rings (SSSR count). The van der Waals surface area contributed by atoms with Gasteiger partial charge in [0.2, 0.25) is 0 Å². The fourth-order valence-corrected chi connectivity index (χ4v) is 0.441. The molecule has 0 bridgehead atoms. The number of hydrogen-bond donors (Lipinski definition) is 3. The normalized spacial score (nSPS) is 9.64. The van der Waals surface area contributed by atoms with Crippen LogP contribution in [0.3, 0.4) is 0 Å². The first kappa shape index (κ1) is 14.3. The third kappa shape index (κ3) is 8.63. The third-order valence-corrected chi connectivity index (χ3v) is 0.780. The Hall–Kier alpha value is 0.726. The number of phosphoric ester groups is 1. The summed E-state index contributed by atoms with van der Waals surface area (Å²) in [5.41, 5.74) is 0. The molecule has 0 saturated heterocycles. The van der Waals surface area contributed by atoms with Crippen LogP contribution in [0.4, 0.5) is 0 Å². The Morgan fingerprint density at radius 2 is 1.73 bits per heavy atom. The van der Waals surface area contributed by atoms with Gasteiger partial charge in [-0.2, -0.15) is 0 Å². The Bertz CT molecular complexity index is 209. The number of carbonyl (C=O) groups excluding carboxylic acids is 1. The van der Waals surface area contributed by atoms with Crippen LogP contribution in [0.2, 0.25) is 0 Å². The maximum Gasteiger partial charge on any atom is 1.00 e. The van der Waals surface area contributed by atoms with E-state index < -0.39 is 19.8 Å². The van der Waals surface area contributed by atoms with Gasteiger partial charge in [0.15, 0.2) is 0 Å². The molecule has 7 nitrogen and oxygen atoms in total. The van der Waals surface area contributed by atoms with Gasteiger partial charge in [0.05, 0.1) is 0 Å². The molecule has 60 valence electrons. The van der Waals surface area contributed by atoms with E-state index in [1.807, 2.05) is 0 Å². The van der Waals surface area contributed by atoms with Crippen LogP contribution in [-0.4, -0.2) is 26.8 Å². The summed E-state index contributed by atoms with van der Waals surface area (Å²) >= 11 is 0. The van der Waals surface area contributed by atoms with Gasteiger partial charge in [-0.15, -0.1) is 0 Å². The average Bonchev–Trinajstić information content (AvgIpc) is 1.60. The smallest absolute Gasteiger partial charge is 1.00 e. The number of rotatable bonds is 1. The van der Waals surface area contributed by atoms with E-state index in [1.165, 1.54) is 0 Å². The monoisotopic (exact) mass is 210 g/mol. The Kier molecular flexibility index (Phi) is 6.98. The van der Waals surface area contributed by atoms with Crippen LogP contribution in [0.5, 0.6) is 0 Å². The van der Waals surface area contributed by atoms with E-state index in [0.717, 1.165) is 0 Å². The molecule has 0 aliphatic rings. The summed E-state index contributed by atoms with van der Waals surface area (Å²) in [5, 5.41) is 7.73. The van der Waals surface area contributed by atoms with Gasteiger partial charge in [-0.1, -0.05) is 0 Å². The van der Waals surface area contributed by atoms with Crippen molar-refractivity contribution in [1.82, 2.24) is 0 Å². The predicted molar refractivity (Wildman–Crippen MR) is 26.9 cm³/mol. The summed E-state index contributed by atoms with van der Waals surface area (Å²) in [7, 11) is -5.01. The van der Waals surface area contributed by atoms with E-state index in [4.69, 9.17) is 14.9 Å². The first-order chi connectivity index (χ1) is 4.33. The van der Waals surface area contributed by atoms with Crippen molar-refractivity contribution in [2.75, 3.05) is 0 Å². The summed E-state index contributed by atoms with van der Waals surface area (Å²) in [6.07, 6.45) is 0. The van der Waals surface area contributed by atoms with Crippen LogP contribution in [0.25, 0.3) is 0 Å². The molecule has 0 fully saturated rings. The van der Waals surface area contributed by atoms with Crippen LogP contribution in [0.1, 0.15) is 1.43 Å². The number of carbonyl (C=O) groups is 2. The molecule has 9 heteroatoms. The largest absolute Gasteiger partial charge is 1.00 e. The molecule has 0 amide bonds. The SMILES string of the molecule is O=C(O)C(=O)OP(=O)(O)O.[H-].[K+]. The van der Waals surface area contributed by atoms with Crippen molar-refractivity contribution in [3.05, 3.63) is 0 Å². The molecule has 0 unspecified atom stereocenters. The molecule has 0 saturated carbocycles. The van der Waals surface area contributed by atoms with Gasteiger partial charge in [-0.3, -0.25) is 9.79 Å². The first-order valence-corrected chi connectivity index (χ1v) is 3.38. The molecule has 0 radical (unpaired) electrons. The minimum atomic E-state index is -5.01. The molecule has 0 atom stereocenters. The van der Waals surface area contributed by atoms with Crippen LogP contribution in [0, 0.1) is 0 Å². The molecule has 0 aliphatic heterocycles. The summed E-state index contributed by atoms with van der Waals surface area (Å²) < 4.78 is 12.9. The van der Waals surface area contributed by atoms with Gasteiger partial charge >= 0.3 is 71.1 Å². The quantitative estimate of drug-likeness (QED) is 0.228. The molecule has 0 spiro atoms. The van der Waals surface area contributed by atoms with Gasteiger partial charge in [-0.05, 0) is 0 Å². The van der Waals surface area contributed by atoms with Crippen molar-refractivity contribution in [3.8, 4) is 0 Å². The number of carboxylic acids is 1. The van der Waals surface area contributed by atoms with Crippen molar-refractivity contribution in [2.24, 2.45) is 0 Å². The van der Waals surface area contributed by atoms with Gasteiger partial charge < -0.3 is 11.1 Å². The second-order valence-corrected chi connectivity index (χ2v) is 2.34. The Labute approximate surface area is 105 Å². The van der Waals surface area contributed by atoms with E-state index in [2.05, 4.69) is 4.52 Å². The van der Waals surface area contributed by atoms with E-state index in [0.29, 0.717) is 0 Å². The minimum Gasteiger partial charge on any atom is -1.00 e. The van der Waals surface area contributed by atoms with E-state index in [9.17, 15) is 14.2 Å². The Morgan fingerprint density at radius 1 is 1.36 bits per heavy atom. The molecular formula is C2H4KO7P. The number of aliphatic carboxylic acids is 1.